The van der Waals surface area contributed by atoms with E-state index in [0.717, 1.165) is 11.1 Å². The number of carbonyl (C=O) groups excluding carboxylic acids is 2. The van der Waals surface area contributed by atoms with E-state index in [1.165, 1.54) is 9.80 Å². The number of urea groups is 1. The van der Waals surface area contributed by atoms with Crippen molar-refractivity contribution in [1.82, 2.24) is 19.8 Å². The summed E-state index contributed by atoms with van der Waals surface area (Å²) < 4.78 is 22.5. The quantitative estimate of drug-likeness (QED) is 0.458. The number of aliphatic hydroxyl groups is 1. The topological polar surface area (TPSA) is 125 Å². The number of hydrogen-bond acceptors (Lipinski definition) is 7. The zero-order valence-corrected chi connectivity index (χ0v) is 23.7. The second kappa shape index (κ2) is 10.3. The molecule has 1 unspecified atom stereocenters. The largest absolute Gasteiger partial charge is 0.463 e. The first kappa shape index (κ1) is 27.5. The van der Waals surface area contributed by atoms with Gasteiger partial charge in [0.1, 0.15) is 17.9 Å². The van der Waals surface area contributed by atoms with Crippen molar-refractivity contribution in [1.29, 1.82) is 0 Å². The maximum Gasteiger partial charge on any atom is 0.319 e. The van der Waals surface area contributed by atoms with Crippen LogP contribution in [0.4, 0.5) is 15.0 Å². The Kier molecular flexibility index (Phi) is 6.89. The lowest BCUT2D eigenvalue weighted by Crippen LogP contribution is -2.50. The highest BCUT2D eigenvalue weighted by atomic mass is 35.5. The van der Waals surface area contributed by atoms with Gasteiger partial charge in [-0.25, -0.2) is 9.18 Å². The zero-order valence-electron chi connectivity index (χ0n) is 22.9. The van der Waals surface area contributed by atoms with Gasteiger partial charge in [-0.15, -0.1) is 0 Å². The second-order valence-electron chi connectivity index (χ2n) is 11.3. The van der Waals surface area contributed by atoms with Crippen LogP contribution in [0, 0.1) is 11.7 Å². The van der Waals surface area contributed by atoms with Crippen LogP contribution in [-0.4, -0.2) is 89.3 Å². The molecule has 6 rings (SSSR count). The summed E-state index contributed by atoms with van der Waals surface area (Å²) in [4.78, 5) is 37.7. The first-order valence-corrected chi connectivity index (χ1v) is 14.1. The van der Waals surface area contributed by atoms with Crippen LogP contribution in [-0.2, 0) is 11.2 Å². The van der Waals surface area contributed by atoms with E-state index in [-0.39, 0.29) is 41.4 Å². The highest BCUT2D eigenvalue weighted by Gasteiger charge is 2.60. The fourth-order valence-electron chi connectivity index (χ4n) is 6.21. The number of amides is 3. The molecule has 3 amide bonds. The Labute approximate surface area is 241 Å². The Hall–Kier alpha value is -3.70. The van der Waals surface area contributed by atoms with Crippen molar-refractivity contribution in [3.63, 3.8) is 0 Å². The number of carbonyl (C=O) groups is 2. The Morgan fingerprint density at radius 1 is 1.22 bits per heavy atom. The maximum absolute atomic E-state index is 16.7. The number of hydrogen-bond donors (Lipinski definition) is 2. The SMILES string of the molecule is CN(C)C(=O)CCOc1nc(N2CCN(C(N)=O)CC2)c2cc(Cl)c(C3c4ccccc4C[C@]4(O)C[C@H]34)c(F)c2n1. The molecule has 3 aliphatic rings. The van der Waals surface area contributed by atoms with Crippen molar-refractivity contribution in [3.8, 4) is 6.01 Å². The normalized spacial score (nSPS) is 23.1. The third kappa shape index (κ3) is 4.91. The number of nitrogens with zero attached hydrogens (tertiary/aromatic N) is 5. The van der Waals surface area contributed by atoms with Crippen molar-refractivity contribution in [2.24, 2.45) is 11.7 Å². The molecule has 12 heteroatoms. The maximum atomic E-state index is 16.7. The highest BCUT2D eigenvalue weighted by Crippen LogP contribution is 2.61. The summed E-state index contributed by atoms with van der Waals surface area (Å²) in [5, 5.41) is 11.8. The standard InChI is InChI=1S/C29H32ClFN6O4/c1-35(2)21(38)7-12-41-28-33-25-18(26(34-28)36-8-10-37(11-9-36)27(32)39)13-20(30)23(24(25)31)22-17-6-4-3-5-16(17)14-29(40)15-19(22)29/h3-6,13,19,22,40H,7-12,14-15H2,1-2H3,(H2,32,39)/t19-,22?,29+/m1/s1. The third-order valence-electron chi connectivity index (χ3n) is 8.52. The Morgan fingerprint density at radius 3 is 2.66 bits per heavy atom. The van der Waals surface area contributed by atoms with E-state index in [4.69, 9.17) is 22.1 Å². The fraction of sp³-hybridized carbons (Fsp3) is 0.448. The van der Waals surface area contributed by atoms with Gasteiger partial charge in [0, 0.05) is 74.5 Å². The number of benzene rings is 2. The van der Waals surface area contributed by atoms with Crippen LogP contribution in [0.15, 0.2) is 30.3 Å². The summed E-state index contributed by atoms with van der Waals surface area (Å²) in [6.45, 7) is 1.60. The molecule has 1 aliphatic heterocycles. The van der Waals surface area contributed by atoms with E-state index in [1.54, 1.807) is 20.2 Å². The predicted octanol–water partition coefficient (Wildman–Crippen LogP) is 2.92. The molecule has 1 saturated carbocycles. The fourth-order valence-corrected chi connectivity index (χ4v) is 6.52. The molecule has 1 aromatic heterocycles. The van der Waals surface area contributed by atoms with Crippen molar-refractivity contribution >= 4 is 40.3 Å². The third-order valence-corrected chi connectivity index (χ3v) is 8.83. The molecule has 0 bridgehead atoms. The molecule has 3 N–H and O–H groups in total. The number of halogens is 2. The van der Waals surface area contributed by atoms with E-state index in [2.05, 4.69) is 9.97 Å². The van der Waals surface area contributed by atoms with E-state index in [1.807, 2.05) is 29.2 Å². The van der Waals surface area contributed by atoms with Gasteiger partial charge in [-0.3, -0.25) is 4.79 Å². The number of fused-ring (bicyclic) bond motifs is 3. The van der Waals surface area contributed by atoms with Gasteiger partial charge in [0.2, 0.25) is 5.91 Å². The summed E-state index contributed by atoms with van der Waals surface area (Å²) >= 11 is 6.86. The lowest BCUT2D eigenvalue weighted by atomic mass is 9.77. The highest BCUT2D eigenvalue weighted by molar-refractivity contribution is 6.32. The molecular formula is C29H32ClFN6O4. The van der Waals surface area contributed by atoms with Crippen molar-refractivity contribution in [3.05, 3.63) is 57.9 Å². The average Bonchev–Trinajstić information content (AvgIpc) is 3.63. The summed E-state index contributed by atoms with van der Waals surface area (Å²) in [5.41, 5.74) is 6.86. The molecule has 10 nitrogen and oxygen atoms in total. The number of primary amides is 1. The molecule has 1 saturated heterocycles. The molecule has 2 aromatic carbocycles. The van der Waals surface area contributed by atoms with Crippen LogP contribution in [0.25, 0.3) is 10.9 Å². The van der Waals surface area contributed by atoms with Gasteiger partial charge in [0.15, 0.2) is 5.82 Å². The van der Waals surface area contributed by atoms with Crippen LogP contribution in [0.5, 0.6) is 6.01 Å². The monoisotopic (exact) mass is 582 g/mol. The van der Waals surface area contributed by atoms with Gasteiger partial charge in [-0.05, 0) is 23.6 Å². The molecule has 216 valence electrons. The number of aromatic nitrogens is 2. The van der Waals surface area contributed by atoms with Crippen LogP contribution in [0.1, 0.15) is 35.4 Å². The Morgan fingerprint density at radius 2 is 1.95 bits per heavy atom. The molecule has 2 fully saturated rings. The van der Waals surface area contributed by atoms with E-state index < -0.39 is 23.4 Å². The van der Waals surface area contributed by atoms with E-state index in [9.17, 15) is 14.7 Å². The van der Waals surface area contributed by atoms with Gasteiger partial charge >= 0.3 is 12.0 Å². The molecule has 0 spiro atoms. The first-order valence-electron chi connectivity index (χ1n) is 13.7. The minimum Gasteiger partial charge on any atom is -0.463 e. The minimum atomic E-state index is -0.881. The molecule has 3 atom stereocenters. The molecule has 2 heterocycles. The van der Waals surface area contributed by atoms with Gasteiger partial charge in [-0.1, -0.05) is 35.9 Å². The van der Waals surface area contributed by atoms with Crippen molar-refractivity contribution in [2.45, 2.75) is 30.8 Å². The van der Waals surface area contributed by atoms with Gasteiger partial charge in [0.05, 0.1) is 12.0 Å². The van der Waals surface area contributed by atoms with Gasteiger partial charge in [0.25, 0.3) is 0 Å². The lowest BCUT2D eigenvalue weighted by Gasteiger charge is -2.35. The van der Waals surface area contributed by atoms with Gasteiger partial charge < -0.3 is 30.3 Å². The van der Waals surface area contributed by atoms with Crippen LogP contribution < -0.4 is 15.4 Å². The minimum absolute atomic E-state index is 0.0184. The first-order chi connectivity index (χ1) is 19.6. The van der Waals surface area contributed by atoms with Crippen molar-refractivity contribution < 1.29 is 23.8 Å². The smallest absolute Gasteiger partial charge is 0.319 e. The molecule has 41 heavy (non-hydrogen) atoms. The average molecular weight is 583 g/mol. The summed E-state index contributed by atoms with van der Waals surface area (Å²) in [5.74, 6) is -0.870. The van der Waals surface area contributed by atoms with Gasteiger partial charge in [-0.2, -0.15) is 9.97 Å². The number of anilines is 1. The molecule has 3 aromatic rings. The van der Waals surface area contributed by atoms with Crippen LogP contribution in [0.2, 0.25) is 5.02 Å². The Bertz CT molecular complexity index is 1550. The zero-order chi connectivity index (χ0) is 29.1. The molecular weight excluding hydrogens is 551 g/mol. The van der Waals surface area contributed by atoms with Crippen LogP contribution >= 0.6 is 11.6 Å². The number of nitrogens with two attached hydrogens (primary N) is 1. The van der Waals surface area contributed by atoms with E-state index in [0.29, 0.717) is 55.8 Å². The van der Waals surface area contributed by atoms with E-state index >= 15 is 4.39 Å². The predicted molar refractivity (Wildman–Crippen MR) is 152 cm³/mol. The number of rotatable bonds is 6. The van der Waals surface area contributed by atoms with Crippen LogP contribution in [0.3, 0.4) is 0 Å². The number of piperazine rings is 1. The second-order valence-corrected chi connectivity index (χ2v) is 11.7. The Balaban J connectivity index is 1.44. The number of ether oxygens (including phenoxy) is 1. The van der Waals surface area contributed by atoms with Crippen molar-refractivity contribution in [2.75, 3.05) is 51.8 Å². The molecule has 0 radical (unpaired) electrons. The summed E-state index contributed by atoms with van der Waals surface area (Å²) in [7, 11) is 3.31. The molecule has 2 aliphatic carbocycles. The summed E-state index contributed by atoms with van der Waals surface area (Å²) in [6, 6.07) is 8.89. The lowest BCUT2D eigenvalue weighted by molar-refractivity contribution is -0.129. The summed E-state index contributed by atoms with van der Waals surface area (Å²) in [6.07, 6.45) is 1.20.